The maximum atomic E-state index is 13.2. The summed E-state index contributed by atoms with van der Waals surface area (Å²) in [5.74, 6) is -0.506. The first kappa shape index (κ1) is 21.8. The van der Waals surface area contributed by atoms with Gasteiger partial charge in [0.05, 0.1) is 11.9 Å². The van der Waals surface area contributed by atoms with Crippen molar-refractivity contribution in [2.24, 2.45) is 5.92 Å². The van der Waals surface area contributed by atoms with Crippen molar-refractivity contribution in [2.75, 3.05) is 25.0 Å². The Morgan fingerprint density at radius 3 is 2.78 bits per heavy atom. The van der Waals surface area contributed by atoms with Crippen molar-refractivity contribution in [1.82, 2.24) is 25.2 Å². The highest BCUT2D eigenvalue weighted by Crippen LogP contribution is 2.18. The number of halogens is 2. The van der Waals surface area contributed by atoms with Crippen LogP contribution < -0.4 is 10.6 Å². The second-order valence-corrected chi connectivity index (χ2v) is 8.04. The molecule has 3 amide bonds. The van der Waals surface area contributed by atoms with Crippen LogP contribution in [0.25, 0.3) is 5.69 Å². The lowest BCUT2D eigenvalue weighted by Crippen LogP contribution is -2.44. The number of nitrogens with zero attached hydrogens (tertiary/aromatic N) is 4. The van der Waals surface area contributed by atoms with Crippen LogP contribution in [0.4, 0.5) is 14.9 Å². The number of nitrogens with one attached hydrogen (secondary N) is 2. The van der Waals surface area contributed by atoms with Crippen LogP contribution in [-0.2, 0) is 0 Å². The molecule has 10 heteroatoms. The number of urea groups is 1. The van der Waals surface area contributed by atoms with E-state index in [0.29, 0.717) is 36.0 Å². The number of anilines is 1. The molecule has 8 nitrogen and oxygen atoms in total. The van der Waals surface area contributed by atoms with E-state index in [9.17, 15) is 14.0 Å². The van der Waals surface area contributed by atoms with E-state index in [0.717, 1.165) is 12.8 Å². The summed E-state index contributed by atoms with van der Waals surface area (Å²) in [4.78, 5) is 28.1. The van der Waals surface area contributed by atoms with Crippen LogP contribution in [0.15, 0.2) is 54.7 Å². The Balaban J connectivity index is 1.31. The summed E-state index contributed by atoms with van der Waals surface area (Å²) in [6, 6.07) is 12.3. The number of aromatic nitrogens is 3. The molecule has 32 heavy (non-hydrogen) atoms. The van der Waals surface area contributed by atoms with Crippen molar-refractivity contribution in [3.63, 3.8) is 0 Å². The molecule has 0 saturated carbocycles. The first-order valence-corrected chi connectivity index (χ1v) is 10.6. The van der Waals surface area contributed by atoms with E-state index in [-0.39, 0.29) is 17.5 Å². The molecule has 0 bridgehead atoms. The lowest BCUT2D eigenvalue weighted by molar-refractivity contribution is 0.0668. The molecule has 1 saturated heterocycles. The van der Waals surface area contributed by atoms with E-state index in [1.54, 1.807) is 35.2 Å². The predicted octanol–water partition coefficient (Wildman–Crippen LogP) is 3.73. The van der Waals surface area contributed by atoms with Gasteiger partial charge >= 0.3 is 6.03 Å². The average molecular weight is 457 g/mol. The highest BCUT2D eigenvalue weighted by molar-refractivity contribution is 6.30. The summed E-state index contributed by atoms with van der Waals surface area (Å²) in [6.45, 7) is 1.54. The molecule has 0 radical (unpaired) electrons. The van der Waals surface area contributed by atoms with Gasteiger partial charge in [-0.3, -0.25) is 4.79 Å². The molecule has 1 aliphatic rings. The molecular formula is C22H22ClFN6O2. The van der Waals surface area contributed by atoms with Crippen LogP contribution in [0.3, 0.4) is 0 Å². The van der Waals surface area contributed by atoms with Gasteiger partial charge in [-0.05, 0) is 61.2 Å². The van der Waals surface area contributed by atoms with E-state index >= 15 is 0 Å². The Morgan fingerprint density at radius 1 is 1.19 bits per heavy atom. The number of carbonyl (C=O) groups excluding carboxylic acids is 2. The number of hydrogen-bond acceptors (Lipinski definition) is 4. The molecule has 0 spiro atoms. The van der Waals surface area contributed by atoms with E-state index in [4.69, 9.17) is 11.6 Å². The van der Waals surface area contributed by atoms with Gasteiger partial charge in [-0.25, -0.2) is 9.18 Å². The average Bonchev–Trinajstić information content (AvgIpc) is 3.28. The van der Waals surface area contributed by atoms with E-state index < -0.39 is 11.8 Å². The molecular weight excluding hydrogens is 435 g/mol. The SMILES string of the molecule is O=C(NCC1CCCN(C(=O)c2cnn(-c3ccc(Cl)cc3)n2)C1)Nc1cccc(F)c1. The molecule has 1 unspecified atom stereocenters. The van der Waals surface area contributed by atoms with E-state index in [1.165, 1.54) is 29.2 Å². The molecule has 1 atom stereocenters. The zero-order chi connectivity index (χ0) is 22.5. The van der Waals surface area contributed by atoms with Gasteiger partial charge in [-0.15, -0.1) is 5.10 Å². The van der Waals surface area contributed by atoms with Gasteiger partial charge in [0.15, 0.2) is 5.69 Å². The minimum atomic E-state index is -0.419. The van der Waals surface area contributed by atoms with Crippen LogP contribution in [0.2, 0.25) is 5.02 Å². The van der Waals surface area contributed by atoms with Crippen LogP contribution >= 0.6 is 11.6 Å². The molecule has 1 aromatic heterocycles. The van der Waals surface area contributed by atoms with Gasteiger partial charge in [-0.1, -0.05) is 17.7 Å². The van der Waals surface area contributed by atoms with Gasteiger partial charge < -0.3 is 15.5 Å². The van der Waals surface area contributed by atoms with Gasteiger partial charge in [0.2, 0.25) is 0 Å². The van der Waals surface area contributed by atoms with Crippen molar-refractivity contribution in [3.8, 4) is 5.69 Å². The van der Waals surface area contributed by atoms with Crippen molar-refractivity contribution in [1.29, 1.82) is 0 Å². The zero-order valence-corrected chi connectivity index (χ0v) is 17.9. The molecule has 2 heterocycles. The lowest BCUT2D eigenvalue weighted by Gasteiger charge is -2.32. The number of benzene rings is 2. The van der Waals surface area contributed by atoms with Crippen molar-refractivity contribution in [3.05, 3.63) is 71.3 Å². The molecule has 166 valence electrons. The Morgan fingerprint density at radius 2 is 2.00 bits per heavy atom. The van der Waals surface area contributed by atoms with Crippen molar-refractivity contribution < 1.29 is 14.0 Å². The number of likely N-dealkylation sites (tertiary alicyclic amines) is 1. The number of hydrogen-bond donors (Lipinski definition) is 2. The molecule has 2 aromatic carbocycles. The van der Waals surface area contributed by atoms with Crippen LogP contribution in [0, 0.1) is 11.7 Å². The van der Waals surface area contributed by atoms with Gasteiger partial charge in [-0.2, -0.15) is 9.90 Å². The molecule has 0 aliphatic carbocycles. The van der Waals surface area contributed by atoms with E-state index in [1.807, 2.05) is 0 Å². The second kappa shape index (κ2) is 9.78. The summed E-state index contributed by atoms with van der Waals surface area (Å²) >= 11 is 5.91. The molecule has 1 aliphatic heterocycles. The zero-order valence-electron chi connectivity index (χ0n) is 17.2. The van der Waals surface area contributed by atoms with Crippen molar-refractivity contribution in [2.45, 2.75) is 12.8 Å². The highest BCUT2D eigenvalue weighted by atomic mass is 35.5. The Kier molecular flexibility index (Phi) is 6.65. The fourth-order valence-corrected chi connectivity index (χ4v) is 3.74. The molecule has 3 aromatic rings. The summed E-state index contributed by atoms with van der Waals surface area (Å²) in [5, 5.41) is 14.5. The third kappa shape index (κ3) is 5.42. The first-order chi connectivity index (χ1) is 15.5. The number of piperidine rings is 1. The smallest absolute Gasteiger partial charge is 0.319 e. The van der Waals surface area contributed by atoms with Crippen LogP contribution in [0.1, 0.15) is 23.3 Å². The van der Waals surface area contributed by atoms with Gasteiger partial charge in [0.25, 0.3) is 5.91 Å². The van der Waals surface area contributed by atoms with E-state index in [2.05, 4.69) is 20.8 Å². The number of amides is 3. The standard InChI is InChI=1S/C22H22ClFN6O2/c23-16-6-8-19(9-7-16)30-26-13-20(28-30)21(31)29-10-2-3-15(14-29)12-25-22(32)27-18-5-1-4-17(24)11-18/h1,4-9,11,13,15H,2-3,10,12,14H2,(H2,25,27,32). The fourth-order valence-electron chi connectivity index (χ4n) is 3.62. The monoisotopic (exact) mass is 456 g/mol. The largest absolute Gasteiger partial charge is 0.338 e. The molecule has 2 N–H and O–H groups in total. The predicted molar refractivity (Wildman–Crippen MR) is 118 cm³/mol. The number of carbonyl (C=O) groups is 2. The topological polar surface area (TPSA) is 92.2 Å². The minimum Gasteiger partial charge on any atom is -0.338 e. The fraction of sp³-hybridized carbons (Fsp3) is 0.273. The Labute approximate surface area is 189 Å². The van der Waals surface area contributed by atoms with Crippen LogP contribution in [-0.4, -0.2) is 51.5 Å². The van der Waals surface area contributed by atoms with Gasteiger partial charge in [0.1, 0.15) is 5.82 Å². The Hall–Kier alpha value is -3.46. The molecule has 4 rings (SSSR count). The van der Waals surface area contributed by atoms with Gasteiger partial charge in [0, 0.05) is 30.3 Å². The highest BCUT2D eigenvalue weighted by Gasteiger charge is 2.26. The van der Waals surface area contributed by atoms with Crippen molar-refractivity contribution >= 4 is 29.2 Å². The quantitative estimate of drug-likeness (QED) is 0.611. The minimum absolute atomic E-state index is 0.109. The summed E-state index contributed by atoms with van der Waals surface area (Å²) in [5.41, 5.74) is 1.35. The maximum Gasteiger partial charge on any atom is 0.319 e. The lowest BCUT2D eigenvalue weighted by atomic mass is 9.98. The maximum absolute atomic E-state index is 13.2. The Bertz CT molecular complexity index is 1100. The summed E-state index contributed by atoms with van der Waals surface area (Å²) in [7, 11) is 0. The first-order valence-electron chi connectivity index (χ1n) is 10.3. The van der Waals surface area contributed by atoms with Crippen LogP contribution in [0.5, 0.6) is 0 Å². The third-order valence-corrected chi connectivity index (χ3v) is 5.46. The summed E-state index contributed by atoms with van der Waals surface area (Å²) in [6.07, 6.45) is 3.17. The second-order valence-electron chi connectivity index (χ2n) is 7.60. The number of rotatable bonds is 5. The third-order valence-electron chi connectivity index (χ3n) is 5.21. The summed E-state index contributed by atoms with van der Waals surface area (Å²) < 4.78 is 13.2. The molecule has 1 fully saturated rings. The normalized spacial score (nSPS) is 15.9.